The van der Waals surface area contributed by atoms with E-state index < -0.39 is 6.04 Å². The highest BCUT2D eigenvalue weighted by Crippen LogP contribution is 2.26. The second-order valence-electron chi connectivity index (χ2n) is 7.92. The molecule has 150 valence electrons. The Morgan fingerprint density at radius 1 is 1.22 bits per heavy atom. The molecule has 0 aromatic heterocycles. The number of hydrogen-bond acceptors (Lipinski definition) is 4. The number of benzene rings is 1. The van der Waals surface area contributed by atoms with E-state index in [4.69, 9.17) is 5.73 Å². The Morgan fingerprint density at radius 3 is 2.59 bits per heavy atom. The third kappa shape index (κ3) is 6.86. The van der Waals surface area contributed by atoms with Crippen LogP contribution in [0, 0.1) is 5.92 Å². The van der Waals surface area contributed by atoms with Crippen molar-refractivity contribution in [2.24, 2.45) is 11.7 Å². The fourth-order valence-corrected chi connectivity index (χ4v) is 3.58. The molecule has 0 radical (unpaired) electrons. The number of rotatable bonds is 8. The summed E-state index contributed by atoms with van der Waals surface area (Å²) in [5.74, 6) is 0.477. The molecule has 0 spiro atoms. The van der Waals surface area contributed by atoms with E-state index in [1.807, 2.05) is 25.1 Å². The average Bonchev–Trinajstić information content (AvgIpc) is 2.66. The molecule has 2 amide bonds. The molecule has 6 heteroatoms. The Bertz CT molecular complexity index is 626. The van der Waals surface area contributed by atoms with Gasteiger partial charge in [-0.2, -0.15) is 0 Å². The molecule has 0 bridgehead atoms. The van der Waals surface area contributed by atoms with Crippen molar-refractivity contribution in [3.8, 4) is 0 Å². The quantitative estimate of drug-likeness (QED) is 0.653. The van der Waals surface area contributed by atoms with Crippen LogP contribution < -0.4 is 16.4 Å². The van der Waals surface area contributed by atoms with Gasteiger partial charge in [0, 0.05) is 37.9 Å². The molecule has 1 saturated carbocycles. The molecule has 1 aromatic rings. The molecule has 2 atom stereocenters. The van der Waals surface area contributed by atoms with Crippen molar-refractivity contribution in [1.82, 2.24) is 10.2 Å². The summed E-state index contributed by atoms with van der Waals surface area (Å²) in [4.78, 5) is 25.9. The summed E-state index contributed by atoms with van der Waals surface area (Å²) >= 11 is 0. The first-order valence-electron chi connectivity index (χ1n) is 9.98. The fraction of sp³-hybridized carbons (Fsp3) is 0.619. The van der Waals surface area contributed by atoms with Gasteiger partial charge in [-0.3, -0.25) is 9.59 Å². The van der Waals surface area contributed by atoms with Crippen LogP contribution in [0.1, 0.15) is 55.8 Å². The van der Waals surface area contributed by atoms with Crippen molar-refractivity contribution in [1.29, 1.82) is 0 Å². The van der Waals surface area contributed by atoms with Crippen LogP contribution in [0.15, 0.2) is 24.3 Å². The van der Waals surface area contributed by atoms with Crippen LogP contribution in [0.2, 0.25) is 0 Å². The summed E-state index contributed by atoms with van der Waals surface area (Å²) in [6.45, 7) is 2.52. The maximum atomic E-state index is 12.3. The van der Waals surface area contributed by atoms with Crippen LogP contribution in [0.3, 0.4) is 0 Å². The normalized spacial score (nSPS) is 17.0. The molecule has 6 nitrogen and oxygen atoms in total. The summed E-state index contributed by atoms with van der Waals surface area (Å²) in [6, 6.07) is 6.90. The lowest BCUT2D eigenvalue weighted by atomic mass is 9.85. The van der Waals surface area contributed by atoms with Crippen LogP contribution in [0.5, 0.6) is 0 Å². The summed E-state index contributed by atoms with van der Waals surface area (Å²) in [7, 11) is 3.47. The number of anilines is 1. The molecule has 4 N–H and O–H groups in total. The molecule has 1 fully saturated rings. The Balaban J connectivity index is 1.78. The third-order valence-corrected chi connectivity index (χ3v) is 5.17. The number of nitrogens with one attached hydrogen (secondary N) is 2. The highest BCUT2D eigenvalue weighted by molar-refractivity contribution is 5.94. The molecule has 1 aliphatic rings. The first-order valence-corrected chi connectivity index (χ1v) is 9.98. The molecule has 27 heavy (non-hydrogen) atoms. The van der Waals surface area contributed by atoms with Crippen LogP contribution >= 0.6 is 0 Å². The van der Waals surface area contributed by atoms with Gasteiger partial charge in [-0.15, -0.1) is 0 Å². The molecule has 0 heterocycles. The second kappa shape index (κ2) is 10.3. The Labute approximate surface area is 162 Å². The lowest BCUT2D eigenvalue weighted by Gasteiger charge is -2.25. The van der Waals surface area contributed by atoms with Gasteiger partial charge in [-0.05, 0) is 37.5 Å². The van der Waals surface area contributed by atoms with E-state index >= 15 is 0 Å². The van der Waals surface area contributed by atoms with E-state index in [1.54, 1.807) is 25.1 Å². The first kappa shape index (κ1) is 21.2. The van der Waals surface area contributed by atoms with Gasteiger partial charge in [0.2, 0.25) is 5.91 Å². The van der Waals surface area contributed by atoms with Crippen LogP contribution in [0.4, 0.5) is 5.69 Å². The van der Waals surface area contributed by atoms with Gasteiger partial charge >= 0.3 is 0 Å². The number of hydrogen-bond donors (Lipinski definition) is 3. The summed E-state index contributed by atoms with van der Waals surface area (Å²) in [5, 5.41) is 6.27. The van der Waals surface area contributed by atoms with E-state index in [-0.39, 0.29) is 17.9 Å². The summed E-state index contributed by atoms with van der Waals surface area (Å²) in [6.07, 6.45) is 6.99. The summed E-state index contributed by atoms with van der Waals surface area (Å²) < 4.78 is 0. The highest BCUT2D eigenvalue weighted by atomic mass is 16.2. The average molecular weight is 375 g/mol. The fourth-order valence-electron chi connectivity index (χ4n) is 3.58. The van der Waals surface area contributed by atoms with Crippen molar-refractivity contribution in [2.45, 2.75) is 57.5 Å². The smallest absolute Gasteiger partial charge is 0.253 e. The first-order chi connectivity index (χ1) is 12.9. The highest BCUT2D eigenvalue weighted by Gasteiger charge is 2.22. The maximum Gasteiger partial charge on any atom is 0.253 e. The Hall–Kier alpha value is -2.08. The molecule has 1 aliphatic carbocycles. The predicted molar refractivity (Wildman–Crippen MR) is 110 cm³/mol. The van der Waals surface area contributed by atoms with Gasteiger partial charge < -0.3 is 21.3 Å². The lowest BCUT2D eigenvalue weighted by Crippen LogP contribution is -2.47. The van der Waals surface area contributed by atoms with Gasteiger partial charge in [-0.25, -0.2) is 0 Å². The van der Waals surface area contributed by atoms with Crippen LogP contribution in [0.25, 0.3) is 0 Å². The number of carbonyl (C=O) groups is 2. The molecule has 2 rings (SSSR count). The topological polar surface area (TPSA) is 87.5 Å². The molecule has 0 unspecified atom stereocenters. The second-order valence-corrected chi connectivity index (χ2v) is 7.92. The minimum atomic E-state index is -0.434. The maximum absolute atomic E-state index is 12.3. The monoisotopic (exact) mass is 374 g/mol. The van der Waals surface area contributed by atoms with Crippen LogP contribution in [-0.2, 0) is 4.79 Å². The number of carbonyl (C=O) groups excluding carboxylic acids is 2. The molecule has 0 aliphatic heterocycles. The number of nitrogens with two attached hydrogens (primary N) is 1. The van der Waals surface area contributed by atoms with Crippen LogP contribution in [-0.4, -0.2) is 49.4 Å². The molecule has 1 aromatic carbocycles. The van der Waals surface area contributed by atoms with E-state index in [0.717, 1.165) is 12.1 Å². The Kier molecular flexibility index (Phi) is 8.10. The van der Waals surface area contributed by atoms with E-state index in [1.165, 1.54) is 32.1 Å². The zero-order valence-corrected chi connectivity index (χ0v) is 16.8. The van der Waals surface area contributed by atoms with Gasteiger partial charge in [0.15, 0.2) is 0 Å². The standard InChI is InChI=1S/C21H34N4O2/c1-15(24-20(26)19(22)12-16-8-5-4-6-9-16)14-23-18-11-7-10-17(13-18)21(27)25(2)3/h7,10-11,13,15-16,19,23H,4-6,8-9,12,14,22H2,1-3H3,(H,24,26)/t15-,19-/m0/s1. The largest absolute Gasteiger partial charge is 0.383 e. The van der Waals surface area contributed by atoms with E-state index in [2.05, 4.69) is 10.6 Å². The van der Waals surface area contributed by atoms with Crippen molar-refractivity contribution in [2.75, 3.05) is 26.0 Å². The third-order valence-electron chi connectivity index (χ3n) is 5.17. The Morgan fingerprint density at radius 2 is 1.93 bits per heavy atom. The minimum absolute atomic E-state index is 0.0336. The number of amides is 2. The van der Waals surface area contributed by atoms with Gasteiger partial charge in [0.1, 0.15) is 0 Å². The molecular weight excluding hydrogens is 340 g/mol. The minimum Gasteiger partial charge on any atom is -0.383 e. The predicted octanol–water partition coefficient (Wildman–Crippen LogP) is 2.60. The van der Waals surface area contributed by atoms with Crippen molar-refractivity contribution in [3.05, 3.63) is 29.8 Å². The lowest BCUT2D eigenvalue weighted by molar-refractivity contribution is -0.123. The zero-order valence-electron chi connectivity index (χ0n) is 16.8. The zero-order chi connectivity index (χ0) is 19.8. The summed E-state index contributed by atoms with van der Waals surface area (Å²) in [5.41, 5.74) is 7.60. The molecule has 0 saturated heterocycles. The van der Waals surface area contributed by atoms with E-state index in [0.29, 0.717) is 18.0 Å². The van der Waals surface area contributed by atoms with E-state index in [9.17, 15) is 9.59 Å². The molecular formula is C21H34N4O2. The van der Waals surface area contributed by atoms with Crippen molar-refractivity contribution >= 4 is 17.5 Å². The van der Waals surface area contributed by atoms with Gasteiger partial charge in [0.05, 0.1) is 6.04 Å². The van der Waals surface area contributed by atoms with Gasteiger partial charge in [-0.1, -0.05) is 38.2 Å². The number of nitrogens with zero attached hydrogens (tertiary/aromatic N) is 1. The SMILES string of the molecule is C[C@@H](CNc1cccc(C(=O)N(C)C)c1)NC(=O)[C@@H](N)CC1CCCCC1. The van der Waals surface area contributed by atoms with Crippen molar-refractivity contribution in [3.63, 3.8) is 0 Å². The van der Waals surface area contributed by atoms with Crippen molar-refractivity contribution < 1.29 is 9.59 Å². The van der Waals surface area contributed by atoms with Gasteiger partial charge in [0.25, 0.3) is 5.91 Å².